The number of nitrogens with one attached hydrogen (secondary N) is 2. The zero-order chi connectivity index (χ0) is 15.0. The van der Waals surface area contributed by atoms with Crippen molar-refractivity contribution in [1.82, 2.24) is 10.3 Å². The largest absolute Gasteiger partial charge is 0.385 e. The second-order valence-electron chi connectivity index (χ2n) is 5.65. The Morgan fingerprint density at radius 3 is 2.70 bits per heavy atom. The Balaban J connectivity index is 2.53. The maximum atomic E-state index is 12.3. The van der Waals surface area contributed by atoms with Crippen LogP contribution in [0.5, 0.6) is 0 Å². The lowest BCUT2D eigenvalue weighted by Gasteiger charge is -2.16. The first-order valence-electron chi connectivity index (χ1n) is 7.53. The van der Waals surface area contributed by atoms with Crippen LogP contribution in [-0.2, 0) is 0 Å². The van der Waals surface area contributed by atoms with Gasteiger partial charge in [-0.25, -0.2) is 0 Å². The topological polar surface area (TPSA) is 54.0 Å². The first kappa shape index (κ1) is 16.5. The second-order valence-corrected chi connectivity index (χ2v) is 5.65. The van der Waals surface area contributed by atoms with E-state index in [1.165, 1.54) is 6.42 Å². The maximum absolute atomic E-state index is 12.3. The van der Waals surface area contributed by atoms with E-state index in [0.717, 1.165) is 31.0 Å². The lowest BCUT2D eigenvalue weighted by atomic mass is 10.0. The van der Waals surface area contributed by atoms with Gasteiger partial charge in [-0.15, -0.1) is 0 Å². The molecule has 4 nitrogen and oxygen atoms in total. The van der Waals surface area contributed by atoms with Gasteiger partial charge in [0.2, 0.25) is 0 Å². The number of carbonyl (C=O) groups excluding carboxylic acids is 1. The second kappa shape index (κ2) is 8.56. The van der Waals surface area contributed by atoms with Crippen molar-refractivity contribution < 1.29 is 4.79 Å². The molecule has 112 valence electrons. The lowest BCUT2D eigenvalue weighted by Crippen LogP contribution is -2.33. The number of anilines is 1. The van der Waals surface area contributed by atoms with Crippen LogP contribution < -0.4 is 10.6 Å². The summed E-state index contributed by atoms with van der Waals surface area (Å²) in [6.45, 7) is 9.30. The normalized spacial score (nSPS) is 12.2. The smallest absolute Gasteiger partial charge is 0.255 e. The van der Waals surface area contributed by atoms with Crippen LogP contribution in [0.15, 0.2) is 18.5 Å². The Morgan fingerprint density at radius 1 is 1.30 bits per heavy atom. The monoisotopic (exact) mass is 277 g/mol. The average molecular weight is 277 g/mol. The highest BCUT2D eigenvalue weighted by atomic mass is 16.1. The molecule has 0 bridgehead atoms. The molecule has 0 fully saturated rings. The molecule has 1 amide bonds. The SMILES string of the molecule is CCNc1ccncc1C(=O)NC(C)CCCC(C)C. The number of carbonyl (C=O) groups is 1. The highest BCUT2D eigenvalue weighted by Crippen LogP contribution is 2.14. The van der Waals surface area contributed by atoms with E-state index in [2.05, 4.69) is 36.4 Å². The Kier molecular flexibility index (Phi) is 7.05. The Bertz CT molecular complexity index is 418. The van der Waals surface area contributed by atoms with Crippen LogP contribution in [-0.4, -0.2) is 23.5 Å². The summed E-state index contributed by atoms with van der Waals surface area (Å²) in [5, 5.41) is 6.24. The highest BCUT2D eigenvalue weighted by Gasteiger charge is 2.13. The van der Waals surface area contributed by atoms with E-state index >= 15 is 0 Å². The van der Waals surface area contributed by atoms with Crippen molar-refractivity contribution in [3.63, 3.8) is 0 Å². The zero-order valence-corrected chi connectivity index (χ0v) is 13.1. The molecular formula is C16H27N3O. The molecule has 1 heterocycles. The molecule has 0 saturated carbocycles. The number of rotatable bonds is 8. The van der Waals surface area contributed by atoms with Gasteiger partial charge in [-0.3, -0.25) is 9.78 Å². The summed E-state index contributed by atoms with van der Waals surface area (Å²) in [5.74, 6) is 0.669. The summed E-state index contributed by atoms with van der Waals surface area (Å²) in [5.41, 5.74) is 1.46. The quantitative estimate of drug-likeness (QED) is 0.765. The van der Waals surface area contributed by atoms with E-state index in [1.54, 1.807) is 12.4 Å². The van der Waals surface area contributed by atoms with Crippen molar-refractivity contribution in [2.75, 3.05) is 11.9 Å². The maximum Gasteiger partial charge on any atom is 0.255 e. The third kappa shape index (κ3) is 5.59. The molecule has 1 unspecified atom stereocenters. The van der Waals surface area contributed by atoms with Crippen LogP contribution in [0.25, 0.3) is 0 Å². The zero-order valence-electron chi connectivity index (χ0n) is 13.1. The molecule has 1 rings (SSSR count). The van der Waals surface area contributed by atoms with Crippen molar-refractivity contribution >= 4 is 11.6 Å². The van der Waals surface area contributed by atoms with Gasteiger partial charge in [0.15, 0.2) is 0 Å². The first-order chi connectivity index (χ1) is 9.54. The van der Waals surface area contributed by atoms with Crippen LogP contribution >= 0.6 is 0 Å². The van der Waals surface area contributed by atoms with Crippen LogP contribution in [0.1, 0.15) is 57.3 Å². The van der Waals surface area contributed by atoms with Gasteiger partial charge in [-0.2, -0.15) is 0 Å². The van der Waals surface area contributed by atoms with Crippen molar-refractivity contribution in [3.8, 4) is 0 Å². The first-order valence-corrected chi connectivity index (χ1v) is 7.53. The molecule has 20 heavy (non-hydrogen) atoms. The third-order valence-electron chi connectivity index (χ3n) is 3.23. The van der Waals surface area contributed by atoms with E-state index in [0.29, 0.717) is 5.56 Å². The van der Waals surface area contributed by atoms with E-state index in [9.17, 15) is 4.79 Å². The molecule has 4 heteroatoms. The fourth-order valence-electron chi connectivity index (χ4n) is 2.13. The van der Waals surface area contributed by atoms with Crippen molar-refractivity contribution in [2.24, 2.45) is 5.92 Å². The van der Waals surface area contributed by atoms with E-state index < -0.39 is 0 Å². The van der Waals surface area contributed by atoms with Crippen molar-refractivity contribution in [1.29, 1.82) is 0 Å². The molecule has 0 aliphatic heterocycles. The predicted octanol–water partition coefficient (Wildman–Crippen LogP) is 3.46. The standard InChI is InChI=1S/C16H27N3O/c1-5-18-15-9-10-17-11-14(15)16(20)19-13(4)8-6-7-12(2)3/h9-13H,5-8H2,1-4H3,(H,17,18)(H,19,20). The molecule has 0 spiro atoms. The molecule has 0 radical (unpaired) electrons. The van der Waals surface area contributed by atoms with Crippen LogP contribution in [0.3, 0.4) is 0 Å². The Hall–Kier alpha value is -1.58. The molecule has 2 N–H and O–H groups in total. The van der Waals surface area contributed by atoms with Gasteiger partial charge in [0, 0.05) is 25.0 Å². The molecular weight excluding hydrogens is 250 g/mol. The minimum atomic E-state index is -0.0499. The van der Waals surface area contributed by atoms with Gasteiger partial charge in [0.05, 0.1) is 11.3 Å². The number of pyridine rings is 1. The van der Waals surface area contributed by atoms with Gasteiger partial charge < -0.3 is 10.6 Å². The van der Waals surface area contributed by atoms with Gasteiger partial charge in [-0.1, -0.05) is 26.7 Å². The Labute approximate surface area is 122 Å². The van der Waals surface area contributed by atoms with Crippen molar-refractivity contribution in [2.45, 2.75) is 53.0 Å². The van der Waals surface area contributed by atoms with E-state index in [1.807, 2.05) is 13.0 Å². The number of hydrogen-bond acceptors (Lipinski definition) is 3. The van der Waals surface area contributed by atoms with Gasteiger partial charge in [0.1, 0.15) is 0 Å². The summed E-state index contributed by atoms with van der Waals surface area (Å²) in [6.07, 6.45) is 6.68. The number of amides is 1. The van der Waals surface area contributed by atoms with Gasteiger partial charge >= 0.3 is 0 Å². The fraction of sp³-hybridized carbons (Fsp3) is 0.625. The fourth-order valence-corrected chi connectivity index (χ4v) is 2.13. The summed E-state index contributed by atoms with van der Waals surface area (Å²) in [4.78, 5) is 16.3. The highest BCUT2D eigenvalue weighted by molar-refractivity contribution is 5.99. The average Bonchev–Trinajstić information content (AvgIpc) is 2.39. The summed E-state index contributed by atoms with van der Waals surface area (Å²) < 4.78 is 0. The summed E-state index contributed by atoms with van der Waals surface area (Å²) >= 11 is 0. The van der Waals surface area contributed by atoms with Crippen LogP contribution in [0, 0.1) is 5.92 Å². The lowest BCUT2D eigenvalue weighted by molar-refractivity contribution is 0.0938. The molecule has 0 aromatic carbocycles. The molecule has 0 aliphatic carbocycles. The molecule has 1 atom stereocenters. The predicted molar refractivity (Wildman–Crippen MR) is 84.0 cm³/mol. The number of aromatic nitrogens is 1. The Morgan fingerprint density at radius 2 is 2.05 bits per heavy atom. The number of hydrogen-bond donors (Lipinski definition) is 2. The molecule has 1 aromatic heterocycles. The van der Waals surface area contributed by atoms with E-state index in [4.69, 9.17) is 0 Å². The molecule has 1 aromatic rings. The van der Waals surface area contributed by atoms with E-state index in [-0.39, 0.29) is 11.9 Å². The van der Waals surface area contributed by atoms with Crippen molar-refractivity contribution in [3.05, 3.63) is 24.0 Å². The van der Waals surface area contributed by atoms with Gasteiger partial charge in [-0.05, 0) is 32.3 Å². The van der Waals surface area contributed by atoms with Crippen LogP contribution in [0.2, 0.25) is 0 Å². The third-order valence-corrected chi connectivity index (χ3v) is 3.23. The summed E-state index contributed by atoms with van der Waals surface area (Å²) in [6, 6.07) is 2.03. The van der Waals surface area contributed by atoms with Gasteiger partial charge in [0.25, 0.3) is 5.91 Å². The minimum Gasteiger partial charge on any atom is -0.385 e. The number of nitrogens with zero attached hydrogens (tertiary/aromatic N) is 1. The summed E-state index contributed by atoms with van der Waals surface area (Å²) in [7, 11) is 0. The molecule has 0 saturated heterocycles. The minimum absolute atomic E-state index is 0.0499. The van der Waals surface area contributed by atoms with Crippen LogP contribution in [0.4, 0.5) is 5.69 Å². The molecule has 0 aliphatic rings.